The van der Waals surface area contributed by atoms with E-state index < -0.39 is 15.8 Å². The molecule has 10 heteroatoms. The number of hydrogen-bond acceptors (Lipinski definition) is 7. The third-order valence-electron chi connectivity index (χ3n) is 5.56. The molecular formula is C25H19FN6O2S. The molecule has 0 aliphatic rings. The Labute approximate surface area is 201 Å². The number of fused-ring (bicyclic) bond motifs is 1. The summed E-state index contributed by atoms with van der Waals surface area (Å²) >= 11 is 0. The summed E-state index contributed by atoms with van der Waals surface area (Å²) in [6, 6.07) is 19.6. The van der Waals surface area contributed by atoms with Crippen LogP contribution in [0.1, 0.15) is 0 Å². The lowest BCUT2D eigenvalue weighted by atomic mass is 9.96. The molecule has 0 radical (unpaired) electrons. The second kappa shape index (κ2) is 8.82. The van der Waals surface area contributed by atoms with Crippen LogP contribution in [0, 0.1) is 5.82 Å². The average Bonchev–Trinajstić information content (AvgIpc) is 2.87. The fourth-order valence-corrected chi connectivity index (χ4v) is 4.43. The second-order valence-electron chi connectivity index (χ2n) is 7.79. The second-order valence-corrected chi connectivity index (χ2v) is 9.35. The maximum Gasteiger partial charge on any atom is 0.239 e. The molecule has 0 bridgehead atoms. The zero-order chi connectivity index (χ0) is 24.6. The number of sulfonamides is 1. The Bertz CT molecular complexity index is 1660. The number of pyridine rings is 2. The predicted octanol–water partition coefficient (Wildman–Crippen LogP) is 4.31. The molecular weight excluding hydrogens is 467 g/mol. The number of benzene rings is 2. The van der Waals surface area contributed by atoms with Crippen LogP contribution in [-0.2, 0) is 10.0 Å². The molecule has 0 saturated heterocycles. The molecule has 35 heavy (non-hydrogen) atoms. The minimum Gasteiger partial charge on any atom is -0.310 e. The lowest BCUT2D eigenvalue weighted by molar-refractivity contribution is 0.597. The van der Waals surface area contributed by atoms with Gasteiger partial charge in [0.1, 0.15) is 10.6 Å². The summed E-state index contributed by atoms with van der Waals surface area (Å²) in [5.74, 6) is -0.0239. The highest BCUT2D eigenvalue weighted by Gasteiger charge is 2.21. The van der Waals surface area contributed by atoms with Crippen molar-refractivity contribution in [3.05, 3.63) is 91.1 Å². The van der Waals surface area contributed by atoms with Gasteiger partial charge in [-0.1, -0.05) is 48.5 Å². The van der Waals surface area contributed by atoms with Crippen LogP contribution in [0.3, 0.4) is 0 Å². The number of hydrogen-bond donors (Lipinski definition) is 1. The minimum atomic E-state index is -3.97. The predicted molar refractivity (Wildman–Crippen MR) is 132 cm³/mol. The molecule has 0 fully saturated rings. The number of rotatable bonds is 5. The van der Waals surface area contributed by atoms with Crippen LogP contribution in [0.5, 0.6) is 0 Å². The normalized spacial score (nSPS) is 11.5. The van der Waals surface area contributed by atoms with Crippen molar-refractivity contribution in [3.63, 3.8) is 0 Å². The van der Waals surface area contributed by atoms with Gasteiger partial charge in [0.15, 0.2) is 17.5 Å². The van der Waals surface area contributed by atoms with Crippen molar-refractivity contribution in [3.8, 4) is 22.4 Å². The summed E-state index contributed by atoms with van der Waals surface area (Å²) in [7, 11) is -2.30. The molecule has 0 atom stereocenters. The Hall–Kier alpha value is -4.28. The van der Waals surface area contributed by atoms with Gasteiger partial charge in [-0.2, -0.15) is 0 Å². The third-order valence-corrected chi connectivity index (χ3v) is 6.44. The van der Waals surface area contributed by atoms with Gasteiger partial charge in [0.05, 0.1) is 0 Å². The first-order valence-corrected chi connectivity index (χ1v) is 12.1. The van der Waals surface area contributed by atoms with E-state index in [-0.39, 0.29) is 10.7 Å². The topological polar surface area (TPSA) is 115 Å². The number of aromatic nitrogens is 4. The van der Waals surface area contributed by atoms with Gasteiger partial charge in [0.25, 0.3) is 0 Å². The highest BCUT2D eigenvalue weighted by Crippen LogP contribution is 2.39. The van der Waals surface area contributed by atoms with E-state index in [1.165, 1.54) is 36.8 Å². The van der Waals surface area contributed by atoms with Crippen molar-refractivity contribution in [1.29, 1.82) is 0 Å². The van der Waals surface area contributed by atoms with Crippen molar-refractivity contribution in [2.45, 2.75) is 4.90 Å². The first-order chi connectivity index (χ1) is 16.8. The van der Waals surface area contributed by atoms with E-state index in [0.717, 1.165) is 11.1 Å². The van der Waals surface area contributed by atoms with Gasteiger partial charge < -0.3 is 4.90 Å². The van der Waals surface area contributed by atoms with Gasteiger partial charge in [-0.05, 0) is 29.3 Å². The van der Waals surface area contributed by atoms with Crippen LogP contribution in [0.4, 0.5) is 16.0 Å². The minimum absolute atomic E-state index is 0.0941. The van der Waals surface area contributed by atoms with E-state index in [1.54, 1.807) is 11.9 Å². The van der Waals surface area contributed by atoms with Crippen molar-refractivity contribution in [2.75, 3.05) is 11.9 Å². The molecule has 0 unspecified atom stereocenters. The molecule has 0 aliphatic carbocycles. The van der Waals surface area contributed by atoms with Gasteiger partial charge in [-0.15, -0.1) is 10.2 Å². The summed E-state index contributed by atoms with van der Waals surface area (Å²) in [5.41, 5.74) is 2.60. The maximum absolute atomic E-state index is 14.6. The summed E-state index contributed by atoms with van der Waals surface area (Å²) in [4.78, 5) is 9.61. The maximum atomic E-state index is 14.6. The first kappa shape index (κ1) is 22.5. The molecule has 2 N–H and O–H groups in total. The molecule has 8 nitrogen and oxygen atoms in total. The quantitative estimate of drug-likeness (QED) is 0.394. The largest absolute Gasteiger partial charge is 0.310 e. The highest BCUT2D eigenvalue weighted by atomic mass is 32.2. The lowest BCUT2D eigenvalue weighted by Crippen LogP contribution is -2.16. The van der Waals surface area contributed by atoms with Crippen LogP contribution >= 0.6 is 0 Å². The van der Waals surface area contributed by atoms with E-state index in [1.807, 2.05) is 48.5 Å². The van der Waals surface area contributed by atoms with E-state index >= 15 is 0 Å². The Kier molecular flexibility index (Phi) is 5.67. The Balaban J connectivity index is 1.82. The van der Waals surface area contributed by atoms with Crippen LogP contribution < -0.4 is 10.0 Å². The molecule has 3 aromatic heterocycles. The van der Waals surface area contributed by atoms with Crippen molar-refractivity contribution >= 4 is 32.4 Å². The van der Waals surface area contributed by atoms with Crippen LogP contribution in [-0.4, -0.2) is 35.6 Å². The number of anilines is 2. The van der Waals surface area contributed by atoms with Gasteiger partial charge in [-0.3, -0.25) is 4.98 Å². The number of nitrogens with two attached hydrogens (primary N) is 1. The summed E-state index contributed by atoms with van der Waals surface area (Å²) in [6.07, 6.45) is 4.17. The molecule has 5 rings (SSSR count). The van der Waals surface area contributed by atoms with E-state index in [0.29, 0.717) is 27.8 Å². The Morgan fingerprint density at radius 1 is 0.886 bits per heavy atom. The third kappa shape index (κ3) is 4.20. The van der Waals surface area contributed by atoms with Gasteiger partial charge in [-0.25, -0.2) is 22.9 Å². The number of primary sulfonamides is 1. The number of halogens is 1. The summed E-state index contributed by atoms with van der Waals surface area (Å²) < 4.78 is 38.4. The molecule has 3 heterocycles. The standard InChI is InChI=1S/C25H19FN6O2S/c1-32(24-21(26)11-6-12-29-24)25-22-19(16-7-3-2-4-8-16)9-5-10-20(22)23(30-31-25)17-13-18(15-28-14-17)35(27,33)34/h2-15H,1H3,(H2,27,33,34). The van der Waals surface area contributed by atoms with E-state index in [9.17, 15) is 12.8 Å². The molecule has 174 valence electrons. The monoisotopic (exact) mass is 486 g/mol. The molecule has 0 spiro atoms. The smallest absolute Gasteiger partial charge is 0.239 e. The SMILES string of the molecule is CN(c1ncccc1F)c1nnc(-c2cncc(S(N)(=O)=O)c2)c2cccc(-c3ccccc3)c12. The first-order valence-electron chi connectivity index (χ1n) is 10.5. The summed E-state index contributed by atoms with van der Waals surface area (Å²) in [6.45, 7) is 0. The van der Waals surface area contributed by atoms with Crippen molar-refractivity contribution in [1.82, 2.24) is 20.2 Å². The molecule has 0 saturated carbocycles. The van der Waals surface area contributed by atoms with Gasteiger partial charge >= 0.3 is 0 Å². The molecule has 2 aromatic carbocycles. The average molecular weight is 487 g/mol. The van der Waals surface area contributed by atoms with Crippen LogP contribution in [0.25, 0.3) is 33.2 Å². The number of nitrogens with zero attached hydrogens (tertiary/aromatic N) is 5. The molecule has 0 amide bonds. The van der Waals surface area contributed by atoms with Crippen molar-refractivity contribution < 1.29 is 12.8 Å². The lowest BCUT2D eigenvalue weighted by Gasteiger charge is -2.21. The zero-order valence-corrected chi connectivity index (χ0v) is 19.3. The van der Waals surface area contributed by atoms with Crippen LogP contribution in [0.2, 0.25) is 0 Å². The molecule has 0 aliphatic heterocycles. The zero-order valence-electron chi connectivity index (χ0n) is 18.5. The highest BCUT2D eigenvalue weighted by molar-refractivity contribution is 7.89. The van der Waals surface area contributed by atoms with Crippen molar-refractivity contribution in [2.24, 2.45) is 5.14 Å². The van der Waals surface area contributed by atoms with Gasteiger partial charge in [0, 0.05) is 42.0 Å². The van der Waals surface area contributed by atoms with E-state index in [4.69, 9.17) is 5.14 Å². The Morgan fingerprint density at radius 2 is 1.69 bits per heavy atom. The summed E-state index contributed by atoms with van der Waals surface area (Å²) in [5, 5.41) is 15.5. The van der Waals surface area contributed by atoms with E-state index in [2.05, 4.69) is 20.2 Å². The Morgan fingerprint density at radius 3 is 2.43 bits per heavy atom. The van der Waals surface area contributed by atoms with Crippen LogP contribution in [0.15, 0.2) is 90.2 Å². The van der Waals surface area contributed by atoms with Gasteiger partial charge in [0.2, 0.25) is 10.0 Å². The fourth-order valence-electron chi connectivity index (χ4n) is 3.93. The molecule has 5 aromatic rings. The fraction of sp³-hybridized carbons (Fsp3) is 0.0400.